The number of nitrogens with zero attached hydrogens (tertiary/aromatic N) is 5. The maximum Gasteiger partial charge on any atom is 0.257 e. The minimum absolute atomic E-state index is 0.0812. The van der Waals surface area contributed by atoms with E-state index in [-0.39, 0.29) is 5.91 Å². The molecule has 7 heteroatoms. The standard InChI is InChI=1S/C23H27N5O2/c1-15-21-19(25-16(2)24-15)9-12-28(23(21)29)14-13-27-10-7-17(8-11-27)22-18-5-3-4-6-20(18)30-26-22/h3-6,17H,7-14H2,1-2H3. The molecule has 30 heavy (non-hydrogen) atoms. The number of amides is 1. The summed E-state index contributed by atoms with van der Waals surface area (Å²) in [6, 6.07) is 8.10. The molecule has 1 fully saturated rings. The summed E-state index contributed by atoms with van der Waals surface area (Å²) in [4.78, 5) is 26.3. The molecule has 2 aliphatic rings. The average Bonchev–Trinajstić information content (AvgIpc) is 3.17. The van der Waals surface area contributed by atoms with Crippen LogP contribution in [0, 0.1) is 13.8 Å². The number of likely N-dealkylation sites (tertiary alicyclic amines) is 1. The molecular formula is C23H27N5O2. The zero-order valence-corrected chi connectivity index (χ0v) is 17.6. The lowest BCUT2D eigenvalue weighted by molar-refractivity contribution is 0.0706. The molecule has 3 aromatic rings. The summed E-state index contributed by atoms with van der Waals surface area (Å²) < 4.78 is 5.50. The molecule has 0 unspecified atom stereocenters. The van der Waals surface area contributed by atoms with Crippen molar-refractivity contribution in [1.82, 2.24) is 24.9 Å². The molecule has 0 spiro atoms. The van der Waals surface area contributed by atoms with Crippen molar-refractivity contribution in [3.8, 4) is 0 Å². The highest BCUT2D eigenvalue weighted by Crippen LogP contribution is 2.32. The average molecular weight is 406 g/mol. The van der Waals surface area contributed by atoms with Gasteiger partial charge in [-0.25, -0.2) is 9.97 Å². The molecule has 2 aromatic heterocycles. The summed E-state index contributed by atoms with van der Waals surface area (Å²) in [5.74, 6) is 1.27. The number of piperidine rings is 1. The summed E-state index contributed by atoms with van der Waals surface area (Å²) >= 11 is 0. The van der Waals surface area contributed by atoms with E-state index in [1.54, 1.807) is 0 Å². The van der Waals surface area contributed by atoms with Gasteiger partial charge < -0.3 is 14.3 Å². The van der Waals surface area contributed by atoms with Crippen molar-refractivity contribution < 1.29 is 9.32 Å². The Balaban J connectivity index is 1.18. The van der Waals surface area contributed by atoms with Crippen molar-refractivity contribution in [2.75, 3.05) is 32.7 Å². The molecule has 0 aliphatic carbocycles. The summed E-state index contributed by atoms with van der Waals surface area (Å²) in [7, 11) is 0. The molecule has 1 aromatic carbocycles. The Labute approximate surface area is 176 Å². The molecule has 5 rings (SSSR count). The van der Waals surface area contributed by atoms with Crippen LogP contribution in [0.15, 0.2) is 28.8 Å². The van der Waals surface area contributed by atoms with Gasteiger partial charge in [-0.15, -0.1) is 0 Å². The van der Waals surface area contributed by atoms with Gasteiger partial charge in [-0.2, -0.15) is 0 Å². The monoisotopic (exact) mass is 405 g/mol. The molecular weight excluding hydrogens is 378 g/mol. The fourth-order valence-corrected chi connectivity index (χ4v) is 4.85. The number of hydrogen-bond donors (Lipinski definition) is 0. The third kappa shape index (κ3) is 3.47. The van der Waals surface area contributed by atoms with Gasteiger partial charge in [0, 0.05) is 37.4 Å². The molecule has 4 heterocycles. The van der Waals surface area contributed by atoms with Gasteiger partial charge in [0.05, 0.1) is 22.6 Å². The Kier molecular flexibility index (Phi) is 4.98. The van der Waals surface area contributed by atoms with E-state index in [2.05, 4.69) is 26.1 Å². The Bertz CT molecular complexity index is 1080. The van der Waals surface area contributed by atoms with Crippen molar-refractivity contribution in [2.24, 2.45) is 0 Å². The minimum atomic E-state index is 0.0812. The number of benzene rings is 1. The van der Waals surface area contributed by atoms with E-state index in [9.17, 15) is 4.79 Å². The van der Waals surface area contributed by atoms with E-state index < -0.39 is 0 Å². The summed E-state index contributed by atoms with van der Waals surface area (Å²) in [6.45, 7) is 8.23. The number of rotatable bonds is 4. The molecule has 2 aliphatic heterocycles. The van der Waals surface area contributed by atoms with Gasteiger partial charge in [-0.1, -0.05) is 17.3 Å². The van der Waals surface area contributed by atoms with Gasteiger partial charge in [-0.3, -0.25) is 4.79 Å². The molecule has 0 bridgehead atoms. The van der Waals surface area contributed by atoms with Gasteiger partial charge >= 0.3 is 0 Å². The van der Waals surface area contributed by atoms with Gasteiger partial charge in [0.1, 0.15) is 5.82 Å². The van der Waals surface area contributed by atoms with Crippen LogP contribution in [0.2, 0.25) is 0 Å². The first-order valence-corrected chi connectivity index (χ1v) is 10.8. The quantitative estimate of drug-likeness (QED) is 0.664. The van der Waals surface area contributed by atoms with Gasteiger partial charge in [0.15, 0.2) is 5.58 Å². The molecule has 7 nitrogen and oxygen atoms in total. The minimum Gasteiger partial charge on any atom is -0.356 e. The zero-order chi connectivity index (χ0) is 20.7. The largest absolute Gasteiger partial charge is 0.356 e. The Morgan fingerprint density at radius 3 is 2.70 bits per heavy atom. The molecule has 1 saturated heterocycles. The lowest BCUT2D eigenvalue weighted by Crippen LogP contribution is -2.44. The second-order valence-electron chi connectivity index (χ2n) is 8.40. The predicted molar refractivity (Wildman–Crippen MR) is 114 cm³/mol. The molecule has 0 saturated carbocycles. The Morgan fingerprint density at radius 1 is 1.07 bits per heavy atom. The molecule has 0 radical (unpaired) electrons. The maximum absolute atomic E-state index is 13.0. The topological polar surface area (TPSA) is 75.4 Å². The number of carbonyl (C=O) groups excluding carboxylic acids is 1. The highest BCUT2D eigenvalue weighted by Gasteiger charge is 2.29. The summed E-state index contributed by atoms with van der Waals surface area (Å²) in [6.07, 6.45) is 2.95. The molecule has 1 amide bonds. The maximum atomic E-state index is 13.0. The van der Waals surface area contributed by atoms with E-state index in [0.717, 1.165) is 85.9 Å². The van der Waals surface area contributed by atoms with Crippen LogP contribution in [-0.4, -0.2) is 63.6 Å². The number of carbonyl (C=O) groups is 1. The van der Waals surface area contributed by atoms with E-state index >= 15 is 0 Å². The number of aryl methyl sites for hydroxylation is 2. The normalized spacial score (nSPS) is 18.2. The first-order chi connectivity index (χ1) is 14.6. The van der Waals surface area contributed by atoms with Crippen LogP contribution in [0.3, 0.4) is 0 Å². The highest BCUT2D eigenvalue weighted by molar-refractivity contribution is 5.97. The van der Waals surface area contributed by atoms with Crippen LogP contribution < -0.4 is 0 Å². The van der Waals surface area contributed by atoms with Gasteiger partial charge in [0.2, 0.25) is 0 Å². The van der Waals surface area contributed by atoms with E-state index in [1.165, 1.54) is 0 Å². The van der Waals surface area contributed by atoms with Crippen molar-refractivity contribution in [1.29, 1.82) is 0 Å². The first-order valence-electron chi connectivity index (χ1n) is 10.8. The number of hydrogen-bond acceptors (Lipinski definition) is 6. The van der Waals surface area contributed by atoms with Gasteiger partial charge in [-0.05, 0) is 51.9 Å². The van der Waals surface area contributed by atoms with Crippen LogP contribution in [-0.2, 0) is 6.42 Å². The van der Waals surface area contributed by atoms with Crippen LogP contribution in [0.5, 0.6) is 0 Å². The summed E-state index contributed by atoms with van der Waals surface area (Å²) in [5.41, 5.74) is 4.38. The predicted octanol–water partition coefficient (Wildman–Crippen LogP) is 3.11. The van der Waals surface area contributed by atoms with Crippen molar-refractivity contribution in [3.63, 3.8) is 0 Å². The van der Waals surface area contributed by atoms with Gasteiger partial charge in [0.25, 0.3) is 5.91 Å². The first kappa shape index (κ1) is 19.2. The second kappa shape index (κ2) is 7.80. The van der Waals surface area contributed by atoms with Crippen LogP contribution in [0.25, 0.3) is 11.0 Å². The third-order valence-corrected chi connectivity index (χ3v) is 6.46. The van der Waals surface area contributed by atoms with E-state index in [4.69, 9.17) is 4.52 Å². The number of para-hydroxylation sites is 1. The lowest BCUT2D eigenvalue weighted by Gasteiger charge is -2.34. The van der Waals surface area contributed by atoms with Crippen molar-refractivity contribution >= 4 is 16.9 Å². The Morgan fingerprint density at radius 2 is 1.87 bits per heavy atom. The molecule has 0 N–H and O–H groups in total. The number of fused-ring (bicyclic) bond motifs is 2. The van der Waals surface area contributed by atoms with Crippen LogP contribution in [0.1, 0.15) is 52.0 Å². The van der Waals surface area contributed by atoms with Crippen molar-refractivity contribution in [3.05, 3.63) is 52.7 Å². The third-order valence-electron chi connectivity index (χ3n) is 6.46. The SMILES string of the molecule is Cc1nc(C)c2c(n1)CCN(CCN1CCC(c3noc4ccccc34)CC1)C2=O. The second-order valence-corrected chi connectivity index (χ2v) is 8.40. The molecule has 156 valence electrons. The van der Waals surface area contributed by atoms with Crippen molar-refractivity contribution in [2.45, 2.75) is 39.0 Å². The smallest absolute Gasteiger partial charge is 0.257 e. The lowest BCUT2D eigenvalue weighted by atomic mass is 9.91. The Hall–Kier alpha value is -2.80. The van der Waals surface area contributed by atoms with Crippen LogP contribution >= 0.6 is 0 Å². The van der Waals surface area contributed by atoms with Crippen LogP contribution in [0.4, 0.5) is 0 Å². The fraction of sp³-hybridized carbons (Fsp3) is 0.478. The van der Waals surface area contributed by atoms with E-state index in [1.807, 2.05) is 36.9 Å². The summed E-state index contributed by atoms with van der Waals surface area (Å²) in [5, 5.41) is 5.49. The highest BCUT2D eigenvalue weighted by atomic mass is 16.5. The number of aromatic nitrogens is 3. The fourth-order valence-electron chi connectivity index (χ4n) is 4.85. The van der Waals surface area contributed by atoms with E-state index in [0.29, 0.717) is 11.5 Å². The molecule has 0 atom stereocenters. The zero-order valence-electron chi connectivity index (χ0n) is 17.6.